The standard InChI is InChI=1S/C14H18N2O3/c1-14(16,9-15)6-2-3-7-17-11-4-5-12-13(8-11)19-10-18-12/h4-5,8H,2-3,6-7,10,16H2,1H3. The first-order chi connectivity index (χ1) is 9.11. The Kier molecular flexibility index (Phi) is 4.13. The molecule has 0 amide bonds. The molecule has 1 heterocycles. The second-order valence-electron chi connectivity index (χ2n) is 4.85. The molecule has 0 saturated carbocycles. The van der Waals surface area contributed by atoms with Crippen LogP contribution in [-0.4, -0.2) is 18.9 Å². The van der Waals surface area contributed by atoms with Crippen LogP contribution in [0, 0.1) is 11.3 Å². The minimum atomic E-state index is -0.737. The number of unbranched alkanes of at least 4 members (excludes halogenated alkanes) is 1. The summed E-state index contributed by atoms with van der Waals surface area (Å²) in [6.45, 7) is 2.61. The van der Waals surface area contributed by atoms with Gasteiger partial charge in [-0.3, -0.25) is 0 Å². The highest BCUT2D eigenvalue weighted by atomic mass is 16.7. The molecule has 0 bridgehead atoms. The van der Waals surface area contributed by atoms with E-state index in [4.69, 9.17) is 25.2 Å². The molecule has 2 rings (SSSR count). The van der Waals surface area contributed by atoms with Gasteiger partial charge in [-0.05, 0) is 38.3 Å². The van der Waals surface area contributed by atoms with Crippen LogP contribution in [0.3, 0.4) is 0 Å². The lowest BCUT2D eigenvalue weighted by molar-refractivity contribution is 0.173. The molecule has 5 nitrogen and oxygen atoms in total. The monoisotopic (exact) mass is 262 g/mol. The fourth-order valence-corrected chi connectivity index (χ4v) is 1.81. The zero-order chi connectivity index (χ0) is 13.7. The first kappa shape index (κ1) is 13.5. The van der Waals surface area contributed by atoms with Crippen molar-refractivity contribution < 1.29 is 14.2 Å². The molecule has 1 aliphatic rings. The maximum Gasteiger partial charge on any atom is 0.231 e. The maximum absolute atomic E-state index is 8.79. The molecule has 1 aromatic carbocycles. The Hall–Kier alpha value is -1.93. The maximum atomic E-state index is 8.79. The molecule has 0 fully saturated rings. The van der Waals surface area contributed by atoms with Crippen molar-refractivity contribution in [2.45, 2.75) is 31.7 Å². The van der Waals surface area contributed by atoms with Gasteiger partial charge in [0.05, 0.1) is 12.7 Å². The zero-order valence-corrected chi connectivity index (χ0v) is 11.0. The van der Waals surface area contributed by atoms with Gasteiger partial charge >= 0.3 is 0 Å². The van der Waals surface area contributed by atoms with Crippen LogP contribution in [0.4, 0.5) is 0 Å². The van der Waals surface area contributed by atoms with Crippen molar-refractivity contribution in [2.75, 3.05) is 13.4 Å². The van der Waals surface area contributed by atoms with Gasteiger partial charge in [0.15, 0.2) is 11.5 Å². The second kappa shape index (κ2) is 5.81. The van der Waals surface area contributed by atoms with E-state index in [9.17, 15) is 0 Å². The molecule has 0 radical (unpaired) electrons. The Balaban J connectivity index is 1.71. The van der Waals surface area contributed by atoms with Crippen molar-refractivity contribution in [3.05, 3.63) is 18.2 Å². The highest BCUT2D eigenvalue weighted by Gasteiger charge is 2.16. The third-order valence-electron chi connectivity index (χ3n) is 2.96. The van der Waals surface area contributed by atoms with Crippen LogP contribution in [0.25, 0.3) is 0 Å². The first-order valence-electron chi connectivity index (χ1n) is 6.33. The quantitative estimate of drug-likeness (QED) is 0.795. The Labute approximate surface area is 112 Å². The summed E-state index contributed by atoms with van der Waals surface area (Å²) in [4.78, 5) is 0. The molecule has 0 saturated heterocycles. The first-order valence-corrected chi connectivity index (χ1v) is 6.33. The number of nitriles is 1. The summed E-state index contributed by atoms with van der Waals surface area (Å²) >= 11 is 0. The van der Waals surface area contributed by atoms with Crippen molar-refractivity contribution >= 4 is 0 Å². The topological polar surface area (TPSA) is 77.5 Å². The van der Waals surface area contributed by atoms with Crippen LogP contribution >= 0.6 is 0 Å². The molecule has 1 aliphatic heterocycles. The van der Waals surface area contributed by atoms with Crippen molar-refractivity contribution in [1.82, 2.24) is 0 Å². The molecular formula is C14H18N2O3. The van der Waals surface area contributed by atoms with Gasteiger partial charge in [-0.1, -0.05) is 0 Å². The van der Waals surface area contributed by atoms with E-state index in [1.807, 2.05) is 18.2 Å². The summed E-state index contributed by atoms with van der Waals surface area (Å²) in [5.74, 6) is 2.23. The number of fused-ring (bicyclic) bond motifs is 1. The van der Waals surface area contributed by atoms with Gasteiger partial charge in [-0.2, -0.15) is 5.26 Å². The van der Waals surface area contributed by atoms with Gasteiger partial charge in [0, 0.05) is 6.07 Å². The lowest BCUT2D eigenvalue weighted by atomic mass is 9.98. The van der Waals surface area contributed by atoms with E-state index in [1.54, 1.807) is 6.92 Å². The fourth-order valence-electron chi connectivity index (χ4n) is 1.81. The summed E-state index contributed by atoms with van der Waals surface area (Å²) in [6.07, 6.45) is 2.40. The molecule has 102 valence electrons. The molecule has 0 aliphatic carbocycles. The van der Waals surface area contributed by atoms with Gasteiger partial charge < -0.3 is 19.9 Å². The minimum Gasteiger partial charge on any atom is -0.493 e. The van der Waals surface area contributed by atoms with Crippen LogP contribution in [0.1, 0.15) is 26.2 Å². The highest BCUT2D eigenvalue weighted by molar-refractivity contribution is 5.46. The van der Waals surface area contributed by atoms with E-state index in [-0.39, 0.29) is 6.79 Å². The number of hydrogen-bond donors (Lipinski definition) is 1. The molecule has 0 spiro atoms. The SMILES string of the molecule is CC(N)(C#N)CCCCOc1ccc2c(c1)OCO2. The Morgan fingerprint density at radius 2 is 2.16 bits per heavy atom. The van der Waals surface area contributed by atoms with Crippen LogP contribution in [0.5, 0.6) is 17.2 Å². The highest BCUT2D eigenvalue weighted by Crippen LogP contribution is 2.35. The van der Waals surface area contributed by atoms with Crippen LogP contribution in [0.15, 0.2) is 18.2 Å². The number of benzene rings is 1. The van der Waals surface area contributed by atoms with Crippen molar-refractivity contribution in [2.24, 2.45) is 5.73 Å². The minimum absolute atomic E-state index is 0.266. The van der Waals surface area contributed by atoms with Crippen LogP contribution in [0.2, 0.25) is 0 Å². The molecule has 2 N–H and O–H groups in total. The van der Waals surface area contributed by atoms with Crippen LogP contribution in [-0.2, 0) is 0 Å². The summed E-state index contributed by atoms with van der Waals surface area (Å²) in [7, 11) is 0. The molecule has 19 heavy (non-hydrogen) atoms. The van der Waals surface area contributed by atoms with E-state index in [2.05, 4.69) is 6.07 Å². The van der Waals surface area contributed by atoms with E-state index in [0.29, 0.717) is 13.0 Å². The van der Waals surface area contributed by atoms with Gasteiger partial charge in [0.25, 0.3) is 0 Å². The fraction of sp³-hybridized carbons (Fsp3) is 0.500. The number of hydrogen-bond acceptors (Lipinski definition) is 5. The molecule has 5 heteroatoms. The summed E-state index contributed by atoms with van der Waals surface area (Å²) < 4.78 is 16.1. The molecular weight excluding hydrogens is 244 g/mol. The normalized spacial score (nSPS) is 15.6. The van der Waals surface area contributed by atoms with Crippen molar-refractivity contribution in [3.63, 3.8) is 0 Å². The van der Waals surface area contributed by atoms with Crippen LogP contribution < -0.4 is 19.9 Å². The van der Waals surface area contributed by atoms with E-state index in [0.717, 1.165) is 30.1 Å². The van der Waals surface area contributed by atoms with Gasteiger partial charge in [0.1, 0.15) is 11.3 Å². The second-order valence-corrected chi connectivity index (χ2v) is 4.85. The third kappa shape index (κ3) is 3.76. The third-order valence-corrected chi connectivity index (χ3v) is 2.96. The smallest absolute Gasteiger partial charge is 0.231 e. The van der Waals surface area contributed by atoms with Gasteiger partial charge in [0.2, 0.25) is 6.79 Å². The largest absolute Gasteiger partial charge is 0.493 e. The number of nitrogens with zero attached hydrogens (tertiary/aromatic N) is 1. The Morgan fingerprint density at radius 1 is 1.37 bits per heavy atom. The average molecular weight is 262 g/mol. The van der Waals surface area contributed by atoms with Gasteiger partial charge in [-0.15, -0.1) is 0 Å². The number of rotatable bonds is 6. The van der Waals surface area contributed by atoms with E-state index < -0.39 is 5.54 Å². The average Bonchev–Trinajstić information content (AvgIpc) is 2.85. The zero-order valence-electron chi connectivity index (χ0n) is 11.0. The predicted molar refractivity (Wildman–Crippen MR) is 70.1 cm³/mol. The lowest BCUT2D eigenvalue weighted by Gasteiger charge is -2.14. The molecule has 1 aromatic rings. The summed E-state index contributed by atoms with van der Waals surface area (Å²) in [5.41, 5.74) is 5.00. The van der Waals surface area contributed by atoms with Gasteiger partial charge in [-0.25, -0.2) is 0 Å². The summed E-state index contributed by atoms with van der Waals surface area (Å²) in [6, 6.07) is 7.60. The number of ether oxygens (including phenoxy) is 3. The molecule has 1 unspecified atom stereocenters. The van der Waals surface area contributed by atoms with E-state index in [1.165, 1.54) is 0 Å². The van der Waals surface area contributed by atoms with Crippen molar-refractivity contribution in [3.8, 4) is 23.3 Å². The Bertz CT molecular complexity index is 480. The summed E-state index contributed by atoms with van der Waals surface area (Å²) in [5, 5.41) is 8.79. The number of nitrogens with two attached hydrogens (primary N) is 1. The van der Waals surface area contributed by atoms with Crippen molar-refractivity contribution in [1.29, 1.82) is 5.26 Å². The molecule has 1 atom stereocenters. The molecule has 0 aromatic heterocycles. The predicted octanol–water partition coefficient (Wildman–Crippen LogP) is 2.21. The Morgan fingerprint density at radius 3 is 2.95 bits per heavy atom. The van der Waals surface area contributed by atoms with E-state index >= 15 is 0 Å². The lowest BCUT2D eigenvalue weighted by Crippen LogP contribution is -2.33.